The van der Waals surface area contributed by atoms with Gasteiger partial charge >= 0.3 is 0 Å². The quantitative estimate of drug-likeness (QED) is 0.105. The Bertz CT molecular complexity index is 2050. The van der Waals surface area contributed by atoms with Gasteiger partial charge in [0, 0.05) is 69.8 Å². The molecule has 7 aromatic rings. The predicted molar refractivity (Wildman–Crippen MR) is 183 cm³/mol. The first kappa shape index (κ1) is 28.4. The number of hydrogen-bond donors (Lipinski definition) is 7. The number of fused-ring (bicyclic) bond motifs is 5. The third kappa shape index (κ3) is 5.55. The monoisotopic (exact) mass is 597 g/mol. The summed E-state index contributed by atoms with van der Waals surface area (Å²) in [6.45, 7) is 2.57. The molecule has 0 saturated heterocycles. The van der Waals surface area contributed by atoms with E-state index < -0.39 is 0 Å². The highest BCUT2D eigenvalue weighted by molar-refractivity contribution is 6.10. The van der Waals surface area contributed by atoms with Gasteiger partial charge in [-0.2, -0.15) is 0 Å². The smallest absolute Gasteiger partial charge is 0.267 e. The summed E-state index contributed by atoms with van der Waals surface area (Å²) >= 11 is 0. The molecule has 0 saturated carbocycles. The van der Waals surface area contributed by atoms with Crippen molar-refractivity contribution in [1.82, 2.24) is 36.2 Å². The van der Waals surface area contributed by atoms with Crippen LogP contribution in [0.15, 0.2) is 84.9 Å². The number of aromatic amines is 3. The minimum absolute atomic E-state index is 0.110. The number of rotatable bonds is 10. The molecule has 0 aliphatic rings. The van der Waals surface area contributed by atoms with Crippen molar-refractivity contribution in [2.45, 2.75) is 0 Å². The van der Waals surface area contributed by atoms with Crippen molar-refractivity contribution in [3.05, 3.63) is 96.3 Å². The van der Waals surface area contributed by atoms with E-state index in [-0.39, 0.29) is 11.8 Å². The van der Waals surface area contributed by atoms with Crippen molar-refractivity contribution in [3.63, 3.8) is 0 Å². The molecule has 0 bridgehead atoms. The molecule has 0 aliphatic heterocycles. The molecular weight excluding hydrogens is 562 g/mol. The van der Waals surface area contributed by atoms with Crippen LogP contribution in [0.2, 0.25) is 0 Å². The molecule has 7 rings (SSSR count). The Labute approximate surface area is 259 Å². The lowest BCUT2D eigenvalue weighted by Gasteiger charge is -2.04. The lowest BCUT2D eigenvalue weighted by Crippen LogP contribution is -2.30. The average molecular weight is 598 g/mol. The molecule has 0 radical (unpaired) electrons. The molecular formula is C36H35N7O2. The number of benzene rings is 4. The summed E-state index contributed by atoms with van der Waals surface area (Å²) in [4.78, 5) is 35.2. The zero-order valence-electron chi connectivity index (χ0n) is 25.2. The number of hydrogen-bond acceptors (Lipinski definition) is 4. The number of likely N-dealkylation sites (N-methyl/N-ethyl adjacent to an activating group) is 2. The topological polar surface area (TPSA) is 130 Å². The van der Waals surface area contributed by atoms with Gasteiger partial charge in [-0.3, -0.25) is 9.59 Å². The second kappa shape index (κ2) is 12.0. The number of aromatic nitrogens is 3. The Hall–Kier alpha value is -5.38. The van der Waals surface area contributed by atoms with E-state index in [1.807, 2.05) is 38.4 Å². The second-order valence-electron chi connectivity index (χ2n) is 11.3. The molecule has 9 nitrogen and oxygen atoms in total. The summed E-state index contributed by atoms with van der Waals surface area (Å²) in [5, 5.41) is 16.2. The largest absolute Gasteiger partial charge is 0.355 e. The Morgan fingerprint density at radius 2 is 0.889 bits per heavy atom. The van der Waals surface area contributed by atoms with Gasteiger partial charge in [0.05, 0.1) is 0 Å². The molecule has 226 valence electrons. The fourth-order valence-corrected chi connectivity index (χ4v) is 5.92. The van der Waals surface area contributed by atoms with Crippen molar-refractivity contribution in [1.29, 1.82) is 0 Å². The number of H-pyrrole nitrogens is 3. The summed E-state index contributed by atoms with van der Waals surface area (Å²) < 4.78 is 0. The fraction of sp³-hybridized carbons (Fsp3) is 0.167. The molecule has 7 N–H and O–H groups in total. The molecule has 4 aromatic carbocycles. The van der Waals surface area contributed by atoms with E-state index in [0.29, 0.717) is 37.6 Å². The molecule has 0 atom stereocenters. The van der Waals surface area contributed by atoms with Crippen LogP contribution in [-0.2, 0) is 0 Å². The average Bonchev–Trinajstić information content (AvgIpc) is 3.78. The molecule has 0 aliphatic carbocycles. The third-order valence-electron chi connectivity index (χ3n) is 8.32. The second-order valence-corrected chi connectivity index (χ2v) is 11.3. The Kier molecular flexibility index (Phi) is 7.54. The van der Waals surface area contributed by atoms with Gasteiger partial charge in [-0.1, -0.05) is 24.3 Å². The maximum atomic E-state index is 12.6. The SMILES string of the molecule is CNCCNC(=O)c1cc2cc(-c3ccc4[nH]c5ccc(-c6ccc7[nH]c(C(=O)NCCNC)cc7c6)cc5c4c3)ccc2[nH]1. The van der Waals surface area contributed by atoms with Crippen molar-refractivity contribution < 1.29 is 9.59 Å². The molecule has 0 unspecified atom stereocenters. The summed E-state index contributed by atoms with van der Waals surface area (Å²) in [6.07, 6.45) is 0. The zero-order valence-corrected chi connectivity index (χ0v) is 25.2. The van der Waals surface area contributed by atoms with Gasteiger partial charge in [-0.05, 0) is 97.0 Å². The minimum Gasteiger partial charge on any atom is -0.355 e. The Morgan fingerprint density at radius 1 is 0.489 bits per heavy atom. The zero-order chi connectivity index (χ0) is 30.9. The number of nitrogens with one attached hydrogen (secondary N) is 7. The number of carbonyl (C=O) groups excluding carboxylic acids is 2. The fourth-order valence-electron chi connectivity index (χ4n) is 5.92. The van der Waals surface area contributed by atoms with Crippen LogP contribution in [0.1, 0.15) is 21.0 Å². The number of carbonyl (C=O) groups is 2. The highest BCUT2D eigenvalue weighted by atomic mass is 16.2. The summed E-state index contributed by atoms with van der Waals surface area (Å²) in [5.74, 6) is -0.221. The highest BCUT2D eigenvalue weighted by Crippen LogP contribution is 2.34. The first-order valence-corrected chi connectivity index (χ1v) is 15.2. The molecule has 9 heteroatoms. The molecule has 0 fully saturated rings. The van der Waals surface area contributed by atoms with Crippen LogP contribution in [0, 0.1) is 0 Å². The van der Waals surface area contributed by atoms with Crippen molar-refractivity contribution in [2.24, 2.45) is 0 Å². The van der Waals surface area contributed by atoms with Gasteiger partial charge in [0.1, 0.15) is 11.4 Å². The van der Waals surface area contributed by atoms with Gasteiger partial charge in [0.2, 0.25) is 0 Å². The molecule has 45 heavy (non-hydrogen) atoms. The van der Waals surface area contributed by atoms with Crippen LogP contribution in [0.4, 0.5) is 0 Å². The van der Waals surface area contributed by atoms with Gasteiger partial charge in [-0.25, -0.2) is 0 Å². The molecule has 3 heterocycles. The Balaban J connectivity index is 1.19. The molecule has 3 aromatic heterocycles. The number of amides is 2. The van der Waals surface area contributed by atoms with Crippen LogP contribution < -0.4 is 21.3 Å². The van der Waals surface area contributed by atoms with Gasteiger partial charge in [0.25, 0.3) is 11.8 Å². The molecule has 2 amide bonds. The maximum absolute atomic E-state index is 12.6. The first-order chi connectivity index (χ1) is 22.0. The van der Waals surface area contributed by atoms with Gasteiger partial charge in [0.15, 0.2) is 0 Å². The van der Waals surface area contributed by atoms with E-state index in [1.54, 1.807) is 0 Å². The lowest BCUT2D eigenvalue weighted by atomic mass is 9.99. The summed E-state index contributed by atoms with van der Waals surface area (Å²) in [7, 11) is 3.72. The van der Waals surface area contributed by atoms with Crippen LogP contribution in [0.3, 0.4) is 0 Å². The van der Waals surface area contributed by atoms with E-state index in [0.717, 1.165) is 65.9 Å². The lowest BCUT2D eigenvalue weighted by molar-refractivity contribution is 0.0942. The summed E-state index contributed by atoms with van der Waals surface area (Å²) in [5.41, 5.74) is 9.48. The van der Waals surface area contributed by atoms with Crippen molar-refractivity contribution in [3.8, 4) is 22.3 Å². The van der Waals surface area contributed by atoms with Gasteiger partial charge in [-0.15, -0.1) is 0 Å². The van der Waals surface area contributed by atoms with Gasteiger partial charge < -0.3 is 36.2 Å². The maximum Gasteiger partial charge on any atom is 0.267 e. The first-order valence-electron chi connectivity index (χ1n) is 15.2. The third-order valence-corrected chi connectivity index (χ3v) is 8.32. The van der Waals surface area contributed by atoms with Crippen LogP contribution in [0.25, 0.3) is 65.9 Å². The highest BCUT2D eigenvalue weighted by Gasteiger charge is 2.13. The van der Waals surface area contributed by atoms with Crippen LogP contribution >= 0.6 is 0 Å². The van der Waals surface area contributed by atoms with Crippen LogP contribution in [-0.4, -0.2) is 67.0 Å². The van der Waals surface area contributed by atoms with E-state index in [1.165, 1.54) is 0 Å². The molecule has 0 spiro atoms. The van der Waals surface area contributed by atoms with Crippen LogP contribution in [0.5, 0.6) is 0 Å². The minimum atomic E-state index is -0.110. The van der Waals surface area contributed by atoms with E-state index >= 15 is 0 Å². The summed E-state index contributed by atoms with van der Waals surface area (Å²) in [6, 6.07) is 29.3. The van der Waals surface area contributed by atoms with Crippen molar-refractivity contribution >= 4 is 55.4 Å². The van der Waals surface area contributed by atoms with Crippen molar-refractivity contribution in [2.75, 3.05) is 40.3 Å². The predicted octanol–water partition coefficient (Wildman–Crippen LogP) is 5.52. The standard InChI is InChI=1S/C36H35N7O2/c1-37-11-13-39-35(44)33-19-25-15-21(3-7-29(25)41-33)23-5-9-31-27(17-23)28-18-24(6-10-32(28)43-31)22-4-8-30-26(16-22)20-34(42-30)36(45)40-14-12-38-2/h3-10,15-20,37-38,41-43H,11-14H2,1-2H3,(H,39,44)(H,40,45). The Morgan fingerprint density at radius 3 is 1.31 bits per heavy atom. The van der Waals surface area contributed by atoms with E-state index in [4.69, 9.17) is 0 Å². The normalized spacial score (nSPS) is 11.6. The van der Waals surface area contributed by atoms with E-state index in [2.05, 4.69) is 96.9 Å². The van der Waals surface area contributed by atoms with E-state index in [9.17, 15) is 9.59 Å².